The van der Waals surface area contributed by atoms with Crippen LogP contribution in [0.1, 0.15) is 6.92 Å². The van der Waals surface area contributed by atoms with Gasteiger partial charge in [0.15, 0.2) is 0 Å². The third-order valence-electron chi connectivity index (χ3n) is 1.22. The van der Waals surface area contributed by atoms with E-state index in [0.29, 0.717) is 5.57 Å². The Morgan fingerprint density at radius 1 is 1.06 bits per heavy atom. The fourth-order valence-electron chi connectivity index (χ4n) is 0.601. The Morgan fingerprint density at radius 3 is 1.44 bits per heavy atom. The summed E-state index contributed by atoms with van der Waals surface area (Å²) in [6.07, 6.45) is 0. The molecule has 0 aliphatic carbocycles. The molecular weight excluding hydrogens is 240 g/mol. The van der Waals surface area contributed by atoms with Crippen LogP contribution in [0, 0.1) is 0 Å². The number of hydrogen-bond acceptors (Lipinski definition) is 9. The van der Waals surface area contributed by atoms with Crippen LogP contribution in [-0.4, -0.2) is 34.8 Å². The van der Waals surface area contributed by atoms with Crippen molar-refractivity contribution in [3.63, 3.8) is 0 Å². The molecule has 0 fully saturated rings. The lowest BCUT2D eigenvalue weighted by molar-refractivity contribution is -0.136. The second-order valence-electron chi connectivity index (χ2n) is 2.68. The van der Waals surface area contributed by atoms with Crippen LogP contribution in [0.4, 0.5) is 17.8 Å². The van der Waals surface area contributed by atoms with Crippen molar-refractivity contribution in [2.45, 2.75) is 6.92 Å². The van der Waals surface area contributed by atoms with E-state index in [1.54, 1.807) is 6.92 Å². The topological polar surface area (TPSA) is 160 Å². The molecule has 0 aliphatic rings. The lowest BCUT2D eigenvalue weighted by Crippen LogP contribution is -2.05. The van der Waals surface area contributed by atoms with Crippen LogP contribution in [0.15, 0.2) is 12.2 Å². The molecule has 1 rings (SSSR count). The summed E-state index contributed by atoms with van der Waals surface area (Å²) in [6.45, 7) is 6.95. The highest BCUT2D eigenvalue weighted by molar-refractivity contribution is 5.86. The van der Waals surface area contributed by atoms with Crippen LogP contribution in [0.2, 0.25) is 0 Å². The molecule has 0 radical (unpaired) electrons. The number of carbonyl (C=O) groups is 2. The van der Waals surface area contributed by atoms with E-state index in [1.165, 1.54) is 7.11 Å². The number of esters is 1. The monoisotopic (exact) mass is 256 g/mol. The molecule has 100 valence electrons. The van der Waals surface area contributed by atoms with E-state index < -0.39 is 0 Å². The van der Waals surface area contributed by atoms with Crippen molar-refractivity contribution in [2.24, 2.45) is 0 Å². The van der Waals surface area contributed by atoms with E-state index in [0.717, 1.165) is 0 Å². The summed E-state index contributed by atoms with van der Waals surface area (Å²) >= 11 is 0. The van der Waals surface area contributed by atoms with Gasteiger partial charge in [-0.15, -0.1) is 0 Å². The Hall–Kier alpha value is -2.71. The maximum atomic E-state index is 10.2. The van der Waals surface area contributed by atoms with Crippen molar-refractivity contribution in [2.75, 3.05) is 24.3 Å². The molecule has 0 atom stereocenters. The number of aromatic nitrogens is 3. The van der Waals surface area contributed by atoms with E-state index in [2.05, 4.69) is 26.3 Å². The van der Waals surface area contributed by atoms with Gasteiger partial charge in [0.05, 0.1) is 7.11 Å². The number of methoxy groups -OCH3 is 1. The zero-order chi connectivity index (χ0) is 14.7. The Balaban J connectivity index is 0. The van der Waals surface area contributed by atoms with Crippen molar-refractivity contribution in [3.8, 4) is 0 Å². The minimum atomic E-state index is -0.347. The molecule has 18 heavy (non-hydrogen) atoms. The summed E-state index contributed by atoms with van der Waals surface area (Å²) < 4.78 is 4.27. The zero-order valence-corrected chi connectivity index (χ0v) is 10.2. The zero-order valence-electron chi connectivity index (χ0n) is 10.2. The molecule has 1 aromatic heterocycles. The number of carbonyl (C=O) groups excluding carboxylic acids is 2. The summed E-state index contributed by atoms with van der Waals surface area (Å²) in [7, 11) is 1.33. The van der Waals surface area contributed by atoms with Gasteiger partial charge in [0.2, 0.25) is 17.8 Å². The van der Waals surface area contributed by atoms with Gasteiger partial charge in [0, 0.05) is 5.57 Å². The number of nitrogens with zero attached hydrogens (tertiary/aromatic N) is 3. The van der Waals surface area contributed by atoms with Gasteiger partial charge in [-0.2, -0.15) is 15.0 Å². The van der Waals surface area contributed by atoms with Crippen molar-refractivity contribution < 1.29 is 14.3 Å². The van der Waals surface area contributed by atoms with Gasteiger partial charge in [0.25, 0.3) is 0 Å². The van der Waals surface area contributed by atoms with E-state index in [-0.39, 0.29) is 23.8 Å². The Labute approximate surface area is 104 Å². The SMILES string of the molecule is C=C(C)C(=O)OC.C=O.Nc1nc(N)nc(N)n1. The lowest BCUT2D eigenvalue weighted by atomic mass is 10.4. The average Bonchev–Trinajstić information content (AvgIpc) is 2.29. The maximum Gasteiger partial charge on any atom is 0.332 e. The van der Waals surface area contributed by atoms with Gasteiger partial charge in [-0.1, -0.05) is 6.58 Å². The molecule has 0 aliphatic heterocycles. The Kier molecular flexibility index (Phi) is 9.34. The van der Waals surface area contributed by atoms with Crippen molar-refractivity contribution in [3.05, 3.63) is 12.2 Å². The number of nitrogens with two attached hydrogens (primary N) is 3. The molecule has 9 heteroatoms. The second kappa shape index (κ2) is 9.51. The van der Waals surface area contributed by atoms with E-state index in [1.807, 2.05) is 6.79 Å². The predicted molar refractivity (Wildman–Crippen MR) is 67.0 cm³/mol. The lowest BCUT2D eigenvalue weighted by Gasteiger charge is -1.93. The average molecular weight is 256 g/mol. The smallest absolute Gasteiger partial charge is 0.332 e. The van der Waals surface area contributed by atoms with Crippen molar-refractivity contribution in [1.82, 2.24) is 15.0 Å². The van der Waals surface area contributed by atoms with Gasteiger partial charge < -0.3 is 26.7 Å². The number of anilines is 3. The molecule has 0 saturated carbocycles. The summed E-state index contributed by atoms with van der Waals surface area (Å²) in [5.41, 5.74) is 15.8. The highest BCUT2D eigenvalue weighted by atomic mass is 16.5. The van der Waals surface area contributed by atoms with Crippen LogP contribution in [0.3, 0.4) is 0 Å². The maximum absolute atomic E-state index is 10.2. The molecular formula is C9H16N6O3. The fraction of sp³-hybridized carbons (Fsp3) is 0.222. The van der Waals surface area contributed by atoms with Gasteiger partial charge in [-0.25, -0.2) is 4.79 Å². The molecule has 9 nitrogen and oxygen atoms in total. The summed E-state index contributed by atoms with van der Waals surface area (Å²) in [6, 6.07) is 0. The normalized spacial score (nSPS) is 7.89. The molecule has 1 aromatic rings. The minimum Gasteiger partial charge on any atom is -0.466 e. The number of ether oxygens (including phenoxy) is 1. The summed E-state index contributed by atoms with van der Waals surface area (Å²) in [4.78, 5) is 28.7. The van der Waals surface area contributed by atoms with Gasteiger partial charge in [-0.3, -0.25) is 0 Å². The first-order chi connectivity index (χ1) is 8.36. The molecule has 0 saturated heterocycles. The highest BCUT2D eigenvalue weighted by Gasteiger charge is 1.95. The van der Waals surface area contributed by atoms with Crippen molar-refractivity contribution in [1.29, 1.82) is 0 Å². The third kappa shape index (κ3) is 8.59. The fourth-order valence-corrected chi connectivity index (χ4v) is 0.601. The van der Waals surface area contributed by atoms with E-state index >= 15 is 0 Å². The third-order valence-corrected chi connectivity index (χ3v) is 1.22. The van der Waals surface area contributed by atoms with Crippen LogP contribution >= 0.6 is 0 Å². The van der Waals surface area contributed by atoms with Crippen molar-refractivity contribution >= 4 is 30.6 Å². The molecule has 6 N–H and O–H groups in total. The van der Waals surface area contributed by atoms with Gasteiger partial charge in [0.1, 0.15) is 6.79 Å². The van der Waals surface area contributed by atoms with Crippen LogP contribution in [0.5, 0.6) is 0 Å². The van der Waals surface area contributed by atoms with Gasteiger partial charge >= 0.3 is 5.97 Å². The molecule has 0 unspecified atom stereocenters. The standard InChI is InChI=1S/C5H8O2.C3H6N6.CH2O/c1-4(2)5(6)7-3;4-1-7-2(5)9-3(6)8-1;1-2/h1H2,2-3H3;(H6,4,5,6,7,8,9);1H2. The number of nitrogen functional groups attached to an aromatic ring is 3. The van der Waals surface area contributed by atoms with Crippen LogP contribution in [0.25, 0.3) is 0 Å². The second-order valence-corrected chi connectivity index (χ2v) is 2.68. The first-order valence-electron chi connectivity index (χ1n) is 4.42. The van der Waals surface area contributed by atoms with Crippen LogP contribution < -0.4 is 17.2 Å². The molecule has 1 heterocycles. The molecule has 0 bridgehead atoms. The predicted octanol–water partition coefficient (Wildman–Crippen LogP) is -0.831. The number of hydrogen-bond donors (Lipinski definition) is 3. The summed E-state index contributed by atoms with van der Waals surface area (Å²) in [5.74, 6) is -0.222. The van der Waals surface area contributed by atoms with Crippen LogP contribution in [-0.2, 0) is 14.3 Å². The number of rotatable bonds is 1. The first kappa shape index (κ1) is 17.7. The Bertz CT molecular complexity index is 359. The minimum absolute atomic E-state index is 0.0417. The van der Waals surface area contributed by atoms with E-state index in [9.17, 15) is 4.79 Å². The molecule has 0 aromatic carbocycles. The largest absolute Gasteiger partial charge is 0.466 e. The summed E-state index contributed by atoms with van der Waals surface area (Å²) in [5, 5.41) is 0. The van der Waals surface area contributed by atoms with E-state index in [4.69, 9.17) is 22.0 Å². The highest BCUT2D eigenvalue weighted by Crippen LogP contribution is 1.97. The Morgan fingerprint density at radius 2 is 1.33 bits per heavy atom. The van der Waals surface area contributed by atoms with Gasteiger partial charge in [-0.05, 0) is 6.92 Å². The first-order valence-corrected chi connectivity index (χ1v) is 4.42. The molecule has 0 spiro atoms. The quantitative estimate of drug-likeness (QED) is 0.430. The molecule has 0 amide bonds.